The molecular formula is C13H20N2O3S. The summed E-state index contributed by atoms with van der Waals surface area (Å²) in [7, 11) is -3.61. The number of likely N-dealkylation sites (tertiary alicyclic amines) is 1. The molecule has 2 rings (SSSR count). The van der Waals surface area contributed by atoms with Crippen LogP contribution in [-0.2, 0) is 10.0 Å². The lowest BCUT2D eigenvalue weighted by Gasteiger charge is -2.14. The summed E-state index contributed by atoms with van der Waals surface area (Å²) >= 11 is 0. The molecule has 0 bridgehead atoms. The van der Waals surface area contributed by atoms with Crippen molar-refractivity contribution < 1.29 is 13.5 Å². The zero-order valence-electron chi connectivity index (χ0n) is 10.9. The molecule has 1 saturated heterocycles. The van der Waals surface area contributed by atoms with Crippen LogP contribution >= 0.6 is 0 Å². The highest BCUT2D eigenvalue weighted by atomic mass is 32.2. The van der Waals surface area contributed by atoms with Crippen LogP contribution < -0.4 is 4.72 Å². The van der Waals surface area contributed by atoms with E-state index in [1.165, 1.54) is 25.0 Å². The Morgan fingerprint density at radius 1 is 1.21 bits per heavy atom. The molecule has 1 aliphatic heterocycles. The van der Waals surface area contributed by atoms with Gasteiger partial charge in [0.05, 0.1) is 0 Å². The highest BCUT2D eigenvalue weighted by Crippen LogP contribution is 2.20. The number of benzene rings is 1. The first-order chi connectivity index (χ1) is 9.09. The predicted octanol–water partition coefficient (Wildman–Crippen LogP) is 1.16. The molecule has 2 N–H and O–H groups in total. The third kappa shape index (κ3) is 3.92. The molecule has 0 unspecified atom stereocenters. The number of hydrogen-bond acceptors (Lipinski definition) is 4. The van der Waals surface area contributed by atoms with Crippen LogP contribution in [0.1, 0.15) is 19.3 Å². The maximum Gasteiger partial charge on any atom is 0.244 e. The summed E-state index contributed by atoms with van der Waals surface area (Å²) in [6.07, 6.45) is 3.26. The van der Waals surface area contributed by atoms with Crippen molar-refractivity contribution in [2.75, 3.05) is 26.2 Å². The summed E-state index contributed by atoms with van der Waals surface area (Å²) in [4.78, 5) is 2.28. The lowest BCUT2D eigenvalue weighted by molar-refractivity contribution is 0.334. The molecule has 0 amide bonds. The van der Waals surface area contributed by atoms with Crippen LogP contribution in [0.15, 0.2) is 29.2 Å². The molecule has 1 fully saturated rings. The minimum atomic E-state index is -3.61. The molecule has 0 atom stereocenters. The zero-order chi connectivity index (χ0) is 13.7. The Hall–Kier alpha value is -1.11. The van der Waals surface area contributed by atoms with Gasteiger partial charge in [-0.05, 0) is 51.0 Å². The van der Waals surface area contributed by atoms with Crippen LogP contribution in [0.3, 0.4) is 0 Å². The highest BCUT2D eigenvalue weighted by molar-refractivity contribution is 7.89. The molecule has 0 aliphatic carbocycles. The molecular weight excluding hydrogens is 264 g/mol. The summed E-state index contributed by atoms with van der Waals surface area (Å²) < 4.78 is 26.5. The van der Waals surface area contributed by atoms with Crippen LogP contribution in [0.2, 0.25) is 0 Å². The highest BCUT2D eigenvalue weighted by Gasteiger charge is 2.17. The monoisotopic (exact) mass is 284 g/mol. The average Bonchev–Trinajstić information content (AvgIpc) is 2.88. The van der Waals surface area contributed by atoms with E-state index in [2.05, 4.69) is 9.62 Å². The first-order valence-electron chi connectivity index (χ1n) is 6.59. The smallest absolute Gasteiger partial charge is 0.244 e. The van der Waals surface area contributed by atoms with Crippen molar-refractivity contribution in [2.24, 2.45) is 0 Å². The molecule has 0 aromatic heterocycles. The van der Waals surface area contributed by atoms with Crippen molar-refractivity contribution in [2.45, 2.75) is 24.2 Å². The van der Waals surface area contributed by atoms with Gasteiger partial charge in [-0.15, -0.1) is 0 Å². The Balaban J connectivity index is 1.82. The van der Waals surface area contributed by atoms with E-state index in [1.807, 2.05) is 0 Å². The van der Waals surface area contributed by atoms with Crippen molar-refractivity contribution in [3.63, 3.8) is 0 Å². The molecule has 1 heterocycles. The van der Waals surface area contributed by atoms with Gasteiger partial charge in [0.15, 0.2) is 0 Å². The summed E-state index contributed by atoms with van der Waals surface area (Å²) in [5.41, 5.74) is 0. The number of hydrogen-bond donors (Lipinski definition) is 2. The van der Waals surface area contributed by atoms with E-state index in [9.17, 15) is 13.5 Å². The number of phenols is 1. The molecule has 1 aliphatic rings. The van der Waals surface area contributed by atoms with Crippen molar-refractivity contribution in [1.82, 2.24) is 9.62 Å². The van der Waals surface area contributed by atoms with Crippen LogP contribution in [-0.4, -0.2) is 44.6 Å². The van der Waals surface area contributed by atoms with Crippen LogP contribution in [0.5, 0.6) is 5.75 Å². The number of nitrogens with one attached hydrogen (secondary N) is 1. The van der Waals surface area contributed by atoms with E-state index in [0.717, 1.165) is 26.1 Å². The molecule has 6 heteroatoms. The summed E-state index contributed by atoms with van der Waals surface area (Å²) in [6.45, 7) is 3.55. The van der Waals surface area contributed by atoms with Crippen LogP contribution in [0.4, 0.5) is 0 Å². The number of aromatic hydroxyl groups is 1. The van der Waals surface area contributed by atoms with E-state index < -0.39 is 10.0 Å². The zero-order valence-corrected chi connectivity index (χ0v) is 11.7. The van der Waals surface area contributed by atoms with Gasteiger partial charge in [-0.3, -0.25) is 0 Å². The molecule has 0 spiro atoms. The third-order valence-electron chi connectivity index (χ3n) is 3.30. The first-order valence-corrected chi connectivity index (χ1v) is 8.08. The number of sulfonamides is 1. The third-order valence-corrected chi connectivity index (χ3v) is 4.81. The second-order valence-corrected chi connectivity index (χ2v) is 6.50. The number of phenolic OH excluding ortho intramolecular Hbond substituents is 1. The summed E-state index contributed by atoms with van der Waals surface area (Å²) in [5, 5.41) is 9.55. The van der Waals surface area contributed by atoms with Gasteiger partial charge in [-0.2, -0.15) is 0 Å². The van der Waals surface area contributed by atoms with Gasteiger partial charge < -0.3 is 10.0 Å². The lowest BCUT2D eigenvalue weighted by Crippen LogP contribution is -2.28. The van der Waals surface area contributed by atoms with E-state index >= 15 is 0 Å². The quantitative estimate of drug-likeness (QED) is 0.769. The van der Waals surface area contributed by atoms with Gasteiger partial charge in [-0.25, -0.2) is 13.1 Å². The van der Waals surface area contributed by atoms with Crippen molar-refractivity contribution in [1.29, 1.82) is 0 Å². The largest absolute Gasteiger partial charge is 0.507 e. The average molecular weight is 284 g/mol. The van der Waals surface area contributed by atoms with E-state index in [0.29, 0.717) is 6.54 Å². The topological polar surface area (TPSA) is 69.6 Å². The van der Waals surface area contributed by atoms with Gasteiger partial charge in [0.2, 0.25) is 10.0 Å². The fourth-order valence-corrected chi connectivity index (χ4v) is 3.45. The standard InChI is InChI=1S/C13H20N2O3S/c16-12-6-1-2-7-13(12)19(17,18)14-8-5-11-15-9-3-4-10-15/h1-2,6-7,14,16H,3-5,8-11H2. The van der Waals surface area contributed by atoms with Crippen molar-refractivity contribution in [3.05, 3.63) is 24.3 Å². The number of nitrogens with zero attached hydrogens (tertiary/aromatic N) is 1. The first kappa shape index (κ1) is 14.3. The maximum absolute atomic E-state index is 12.0. The normalized spacial score (nSPS) is 16.8. The molecule has 5 nitrogen and oxygen atoms in total. The molecule has 0 radical (unpaired) electrons. The predicted molar refractivity (Wildman–Crippen MR) is 73.6 cm³/mol. The second-order valence-electron chi connectivity index (χ2n) is 4.77. The lowest BCUT2D eigenvalue weighted by atomic mass is 10.3. The molecule has 106 valence electrons. The fraction of sp³-hybridized carbons (Fsp3) is 0.538. The number of para-hydroxylation sites is 1. The second kappa shape index (κ2) is 6.36. The molecule has 19 heavy (non-hydrogen) atoms. The summed E-state index contributed by atoms with van der Waals surface area (Å²) in [5.74, 6) is -0.213. The Kier molecular flexibility index (Phi) is 4.79. The number of rotatable bonds is 6. The van der Waals surface area contributed by atoms with Gasteiger partial charge >= 0.3 is 0 Å². The SMILES string of the molecule is O=S(=O)(NCCCN1CCCC1)c1ccccc1O. The Morgan fingerprint density at radius 2 is 1.89 bits per heavy atom. The van der Waals surface area contributed by atoms with Crippen LogP contribution in [0.25, 0.3) is 0 Å². The minimum Gasteiger partial charge on any atom is -0.507 e. The van der Waals surface area contributed by atoms with Gasteiger partial charge in [0.1, 0.15) is 10.6 Å². The Labute approximate surface area is 114 Å². The molecule has 1 aromatic carbocycles. The van der Waals surface area contributed by atoms with E-state index in [4.69, 9.17) is 0 Å². The Morgan fingerprint density at radius 3 is 2.58 bits per heavy atom. The van der Waals surface area contributed by atoms with Gasteiger partial charge in [-0.1, -0.05) is 12.1 Å². The van der Waals surface area contributed by atoms with Crippen molar-refractivity contribution in [3.8, 4) is 5.75 Å². The fourth-order valence-electron chi connectivity index (χ4n) is 2.28. The van der Waals surface area contributed by atoms with E-state index in [1.54, 1.807) is 12.1 Å². The van der Waals surface area contributed by atoms with E-state index in [-0.39, 0.29) is 10.6 Å². The maximum atomic E-state index is 12.0. The van der Waals surface area contributed by atoms with Crippen molar-refractivity contribution >= 4 is 10.0 Å². The van der Waals surface area contributed by atoms with Crippen LogP contribution in [0, 0.1) is 0 Å². The molecule has 1 aromatic rings. The summed E-state index contributed by atoms with van der Waals surface area (Å²) in [6, 6.07) is 5.97. The molecule has 0 saturated carbocycles. The Bertz CT molecular complexity index is 510. The van der Waals surface area contributed by atoms with Gasteiger partial charge in [0.25, 0.3) is 0 Å². The van der Waals surface area contributed by atoms with Gasteiger partial charge in [0, 0.05) is 6.54 Å². The minimum absolute atomic E-state index is 0.0591.